The van der Waals surface area contributed by atoms with Gasteiger partial charge in [0.2, 0.25) is 0 Å². The van der Waals surface area contributed by atoms with E-state index in [4.69, 9.17) is 0 Å². The van der Waals surface area contributed by atoms with Crippen molar-refractivity contribution in [3.63, 3.8) is 0 Å². The van der Waals surface area contributed by atoms with Crippen LogP contribution in [-0.2, 0) is 12.3 Å². The van der Waals surface area contributed by atoms with Crippen molar-refractivity contribution in [3.05, 3.63) is 53.1 Å². The van der Waals surface area contributed by atoms with E-state index in [1.165, 1.54) is 11.3 Å². The Balaban J connectivity index is 1.97. The van der Waals surface area contributed by atoms with Crippen LogP contribution < -0.4 is 0 Å². The summed E-state index contributed by atoms with van der Waals surface area (Å²) in [5.74, 6) is 2.69. The SMILES string of the molecule is Cc1nc2c(n1Cc1ccccc1)CSCC2O. The standard InChI is InChI=1S/C14H16N2OS/c1-10-15-14-12(8-18-9-13(14)17)16(10)7-11-5-3-2-4-6-11/h2-6,13,17H,7-9H2,1H3. The summed E-state index contributed by atoms with van der Waals surface area (Å²) in [6.07, 6.45) is -0.408. The van der Waals surface area contributed by atoms with Crippen LogP contribution in [0.1, 0.15) is 28.9 Å². The number of aliphatic hydroxyl groups is 1. The number of aromatic nitrogens is 2. The predicted molar refractivity (Wildman–Crippen MR) is 73.6 cm³/mol. The molecule has 0 bridgehead atoms. The molecule has 2 heterocycles. The molecule has 0 saturated heterocycles. The second-order valence-corrected chi connectivity index (χ2v) is 5.62. The van der Waals surface area contributed by atoms with Gasteiger partial charge in [0, 0.05) is 18.1 Å². The third-order valence-corrected chi connectivity index (χ3v) is 4.34. The fourth-order valence-corrected chi connectivity index (χ4v) is 3.37. The number of aliphatic hydroxyl groups excluding tert-OH is 1. The van der Waals surface area contributed by atoms with Crippen molar-refractivity contribution >= 4 is 11.8 Å². The molecule has 0 spiro atoms. The first-order valence-electron chi connectivity index (χ1n) is 6.11. The lowest BCUT2D eigenvalue weighted by atomic mass is 10.2. The van der Waals surface area contributed by atoms with E-state index >= 15 is 0 Å². The zero-order valence-corrected chi connectivity index (χ0v) is 11.2. The van der Waals surface area contributed by atoms with E-state index in [1.807, 2.05) is 13.0 Å². The lowest BCUT2D eigenvalue weighted by Crippen LogP contribution is -2.13. The molecule has 94 valence electrons. The maximum absolute atomic E-state index is 9.97. The summed E-state index contributed by atoms with van der Waals surface area (Å²) in [5.41, 5.74) is 3.33. The number of hydrogen-bond acceptors (Lipinski definition) is 3. The van der Waals surface area contributed by atoms with Gasteiger partial charge in [-0.3, -0.25) is 0 Å². The third-order valence-electron chi connectivity index (χ3n) is 3.31. The van der Waals surface area contributed by atoms with Crippen molar-refractivity contribution in [3.8, 4) is 0 Å². The zero-order valence-electron chi connectivity index (χ0n) is 10.3. The molecule has 1 unspecified atom stereocenters. The van der Waals surface area contributed by atoms with E-state index in [0.29, 0.717) is 0 Å². The summed E-state index contributed by atoms with van der Waals surface area (Å²) in [7, 11) is 0. The highest BCUT2D eigenvalue weighted by atomic mass is 32.2. The van der Waals surface area contributed by atoms with Crippen LogP contribution in [0.2, 0.25) is 0 Å². The summed E-state index contributed by atoms with van der Waals surface area (Å²) in [4.78, 5) is 4.53. The Labute approximate surface area is 111 Å². The van der Waals surface area contributed by atoms with Crippen LogP contribution >= 0.6 is 11.8 Å². The molecule has 3 rings (SSSR count). The summed E-state index contributed by atoms with van der Waals surface area (Å²) >= 11 is 1.77. The van der Waals surface area contributed by atoms with Gasteiger partial charge in [-0.25, -0.2) is 4.98 Å². The van der Waals surface area contributed by atoms with Crippen molar-refractivity contribution in [2.75, 3.05) is 5.75 Å². The van der Waals surface area contributed by atoms with E-state index in [-0.39, 0.29) is 0 Å². The topological polar surface area (TPSA) is 38.0 Å². The summed E-state index contributed by atoms with van der Waals surface area (Å²) in [6.45, 7) is 2.85. The normalized spacial score (nSPS) is 18.7. The van der Waals surface area contributed by atoms with Gasteiger partial charge in [-0.05, 0) is 12.5 Å². The molecule has 0 saturated carbocycles. The van der Waals surface area contributed by atoms with Crippen LogP contribution in [0.5, 0.6) is 0 Å². The Morgan fingerprint density at radius 2 is 2.17 bits per heavy atom. The highest BCUT2D eigenvalue weighted by Crippen LogP contribution is 2.32. The Hall–Kier alpha value is -1.26. The van der Waals surface area contributed by atoms with Crippen LogP contribution in [0, 0.1) is 6.92 Å². The van der Waals surface area contributed by atoms with Gasteiger partial charge in [-0.2, -0.15) is 11.8 Å². The molecule has 0 aliphatic carbocycles. The van der Waals surface area contributed by atoms with E-state index in [9.17, 15) is 5.11 Å². The van der Waals surface area contributed by atoms with Gasteiger partial charge in [0.1, 0.15) is 11.9 Å². The molecule has 1 N–H and O–H groups in total. The Morgan fingerprint density at radius 3 is 2.94 bits per heavy atom. The van der Waals surface area contributed by atoms with E-state index < -0.39 is 6.10 Å². The molecule has 1 aliphatic heterocycles. The number of imidazole rings is 1. The number of rotatable bonds is 2. The summed E-state index contributed by atoms with van der Waals surface area (Å²) < 4.78 is 2.22. The molecule has 3 nitrogen and oxygen atoms in total. The van der Waals surface area contributed by atoms with Crippen molar-refractivity contribution < 1.29 is 5.11 Å². The monoisotopic (exact) mass is 260 g/mol. The molecule has 1 atom stereocenters. The molecule has 0 amide bonds. The molecular formula is C14H16N2OS. The van der Waals surface area contributed by atoms with Gasteiger partial charge in [-0.15, -0.1) is 0 Å². The quantitative estimate of drug-likeness (QED) is 0.901. The highest BCUT2D eigenvalue weighted by molar-refractivity contribution is 7.98. The second-order valence-electron chi connectivity index (χ2n) is 4.59. The van der Waals surface area contributed by atoms with Crippen molar-refractivity contribution in [2.24, 2.45) is 0 Å². The van der Waals surface area contributed by atoms with Gasteiger partial charge < -0.3 is 9.67 Å². The average molecular weight is 260 g/mol. The lowest BCUT2D eigenvalue weighted by Gasteiger charge is -2.18. The summed E-state index contributed by atoms with van der Waals surface area (Å²) in [5, 5.41) is 9.97. The molecule has 18 heavy (non-hydrogen) atoms. The Kier molecular flexibility index (Phi) is 3.14. The van der Waals surface area contributed by atoms with Crippen molar-refractivity contribution in [2.45, 2.75) is 25.3 Å². The van der Waals surface area contributed by atoms with Gasteiger partial charge in [0.15, 0.2) is 0 Å². The first-order valence-corrected chi connectivity index (χ1v) is 7.27. The van der Waals surface area contributed by atoms with E-state index in [1.54, 1.807) is 11.8 Å². The minimum atomic E-state index is -0.408. The second kappa shape index (κ2) is 4.78. The predicted octanol–water partition coefficient (Wildman–Crippen LogP) is 2.52. The van der Waals surface area contributed by atoms with Crippen LogP contribution in [0.25, 0.3) is 0 Å². The van der Waals surface area contributed by atoms with Gasteiger partial charge in [-0.1, -0.05) is 30.3 Å². The number of thioether (sulfide) groups is 1. The van der Waals surface area contributed by atoms with Crippen LogP contribution in [0.15, 0.2) is 30.3 Å². The molecule has 1 aromatic carbocycles. The van der Waals surface area contributed by atoms with E-state index in [2.05, 4.69) is 33.8 Å². The molecular weight excluding hydrogens is 244 g/mol. The smallest absolute Gasteiger partial charge is 0.107 e. The van der Waals surface area contributed by atoms with Crippen LogP contribution in [0.3, 0.4) is 0 Å². The lowest BCUT2D eigenvalue weighted by molar-refractivity contribution is 0.197. The Morgan fingerprint density at radius 1 is 1.39 bits per heavy atom. The fourth-order valence-electron chi connectivity index (χ4n) is 2.37. The van der Waals surface area contributed by atoms with Gasteiger partial charge >= 0.3 is 0 Å². The first-order chi connectivity index (χ1) is 8.75. The van der Waals surface area contributed by atoms with Crippen LogP contribution in [-0.4, -0.2) is 20.4 Å². The number of fused-ring (bicyclic) bond motifs is 1. The molecule has 1 aliphatic rings. The van der Waals surface area contributed by atoms with Gasteiger partial charge in [0.25, 0.3) is 0 Å². The maximum atomic E-state index is 9.97. The first kappa shape index (κ1) is 11.8. The third kappa shape index (κ3) is 2.06. The van der Waals surface area contributed by atoms with Gasteiger partial charge in [0.05, 0.1) is 11.4 Å². The average Bonchev–Trinajstić information content (AvgIpc) is 2.70. The molecule has 2 aromatic rings. The highest BCUT2D eigenvalue weighted by Gasteiger charge is 2.25. The summed E-state index contributed by atoms with van der Waals surface area (Å²) in [6, 6.07) is 10.4. The minimum Gasteiger partial charge on any atom is -0.386 e. The number of benzene rings is 1. The number of nitrogens with zero attached hydrogens (tertiary/aromatic N) is 2. The van der Waals surface area contributed by atoms with Crippen molar-refractivity contribution in [1.29, 1.82) is 0 Å². The Bertz CT molecular complexity index is 550. The largest absolute Gasteiger partial charge is 0.386 e. The van der Waals surface area contributed by atoms with E-state index in [0.717, 1.165) is 29.6 Å². The molecule has 1 aromatic heterocycles. The molecule has 0 radical (unpaired) electrons. The van der Waals surface area contributed by atoms with Crippen LogP contribution in [0.4, 0.5) is 0 Å². The van der Waals surface area contributed by atoms with Crippen molar-refractivity contribution in [1.82, 2.24) is 9.55 Å². The zero-order chi connectivity index (χ0) is 12.5. The molecule has 4 heteroatoms. The minimum absolute atomic E-state index is 0.408. The number of aryl methyl sites for hydroxylation is 1. The fraction of sp³-hybridized carbons (Fsp3) is 0.357. The maximum Gasteiger partial charge on any atom is 0.107 e. The molecule has 0 fully saturated rings. The number of hydrogen-bond donors (Lipinski definition) is 1.